The minimum absolute atomic E-state index is 0.383. The molecule has 0 fully saturated rings. The second-order valence-electron chi connectivity index (χ2n) is 3.88. The summed E-state index contributed by atoms with van der Waals surface area (Å²) in [5.74, 6) is 1.27. The molecular formula is C13H13ClN2O2S. The van der Waals surface area contributed by atoms with Gasteiger partial charge < -0.3 is 9.30 Å². The molecule has 0 aliphatic carbocycles. The number of benzene rings is 1. The summed E-state index contributed by atoms with van der Waals surface area (Å²) in [6.45, 7) is 0. The minimum Gasteiger partial charge on any atom is -0.465 e. The Morgan fingerprint density at radius 3 is 2.95 bits per heavy atom. The Morgan fingerprint density at radius 2 is 2.32 bits per heavy atom. The highest BCUT2D eigenvalue weighted by Gasteiger charge is 2.12. The van der Waals surface area contributed by atoms with E-state index in [1.54, 1.807) is 30.1 Å². The lowest BCUT2D eigenvalue weighted by Gasteiger charge is -2.06. The van der Waals surface area contributed by atoms with Crippen LogP contribution in [0.4, 0.5) is 0 Å². The van der Waals surface area contributed by atoms with Gasteiger partial charge in [-0.15, -0.1) is 11.8 Å². The molecule has 6 heteroatoms. The number of imidazole rings is 1. The van der Waals surface area contributed by atoms with Crippen LogP contribution in [-0.2, 0) is 17.5 Å². The molecule has 0 radical (unpaired) electrons. The summed E-state index contributed by atoms with van der Waals surface area (Å²) >= 11 is 7.56. The molecule has 1 aromatic carbocycles. The fourth-order valence-corrected chi connectivity index (χ4v) is 2.68. The molecule has 19 heavy (non-hydrogen) atoms. The van der Waals surface area contributed by atoms with Crippen molar-refractivity contribution < 1.29 is 9.53 Å². The zero-order valence-electron chi connectivity index (χ0n) is 10.6. The van der Waals surface area contributed by atoms with E-state index in [2.05, 4.69) is 4.98 Å². The van der Waals surface area contributed by atoms with Crippen molar-refractivity contribution in [3.8, 4) is 0 Å². The van der Waals surface area contributed by atoms with E-state index in [0.29, 0.717) is 10.6 Å². The van der Waals surface area contributed by atoms with Crippen molar-refractivity contribution in [1.82, 2.24) is 9.55 Å². The standard InChI is InChI=1S/C13H13ClN2O2S/c1-16-6-5-15-12(16)8-19-9-3-4-11(14)10(7-9)13(17)18-2/h3-7H,8H2,1-2H3. The van der Waals surface area contributed by atoms with Crippen molar-refractivity contribution in [2.75, 3.05) is 7.11 Å². The highest BCUT2D eigenvalue weighted by Crippen LogP contribution is 2.27. The molecule has 0 spiro atoms. The third kappa shape index (κ3) is 3.30. The van der Waals surface area contributed by atoms with Crippen LogP contribution in [0, 0.1) is 0 Å². The maximum atomic E-state index is 11.5. The fraction of sp³-hybridized carbons (Fsp3) is 0.231. The van der Waals surface area contributed by atoms with Crippen molar-refractivity contribution in [2.24, 2.45) is 7.05 Å². The van der Waals surface area contributed by atoms with Gasteiger partial charge in [-0.3, -0.25) is 0 Å². The van der Waals surface area contributed by atoms with Gasteiger partial charge in [0.1, 0.15) is 5.82 Å². The number of carbonyl (C=O) groups excluding carboxylic acids is 1. The van der Waals surface area contributed by atoms with E-state index in [1.165, 1.54) is 7.11 Å². The van der Waals surface area contributed by atoms with Gasteiger partial charge in [0, 0.05) is 24.3 Å². The van der Waals surface area contributed by atoms with Crippen LogP contribution in [0.15, 0.2) is 35.5 Å². The molecule has 0 unspecified atom stereocenters. The van der Waals surface area contributed by atoms with Crippen molar-refractivity contribution in [1.29, 1.82) is 0 Å². The van der Waals surface area contributed by atoms with Crippen molar-refractivity contribution in [3.05, 3.63) is 47.0 Å². The first-order valence-corrected chi connectivity index (χ1v) is 6.95. The predicted molar refractivity (Wildman–Crippen MR) is 75.6 cm³/mol. The van der Waals surface area contributed by atoms with Gasteiger partial charge in [-0.05, 0) is 18.2 Å². The average molecular weight is 297 g/mol. The van der Waals surface area contributed by atoms with Gasteiger partial charge in [-0.1, -0.05) is 11.6 Å². The quantitative estimate of drug-likeness (QED) is 0.642. The predicted octanol–water partition coefficient (Wildman–Crippen LogP) is 3.15. The lowest BCUT2D eigenvalue weighted by molar-refractivity contribution is 0.0600. The molecule has 0 aliphatic rings. The number of carbonyl (C=O) groups is 1. The highest BCUT2D eigenvalue weighted by atomic mass is 35.5. The molecule has 1 heterocycles. The molecular weight excluding hydrogens is 284 g/mol. The number of esters is 1. The molecule has 0 amide bonds. The van der Waals surface area contributed by atoms with E-state index in [-0.39, 0.29) is 0 Å². The number of halogens is 1. The van der Waals surface area contributed by atoms with Crippen LogP contribution in [0.2, 0.25) is 5.02 Å². The third-order valence-corrected chi connectivity index (χ3v) is 3.95. The van der Waals surface area contributed by atoms with Gasteiger partial charge >= 0.3 is 5.97 Å². The molecule has 2 rings (SSSR count). The number of hydrogen-bond donors (Lipinski definition) is 0. The normalized spacial score (nSPS) is 10.5. The lowest BCUT2D eigenvalue weighted by atomic mass is 10.2. The van der Waals surface area contributed by atoms with Gasteiger partial charge in [0.15, 0.2) is 0 Å². The Kier molecular flexibility index (Phi) is 4.50. The fourth-order valence-electron chi connectivity index (χ4n) is 1.54. The Morgan fingerprint density at radius 1 is 1.53 bits per heavy atom. The summed E-state index contributed by atoms with van der Waals surface area (Å²) in [5, 5.41) is 0.396. The van der Waals surface area contributed by atoms with Crippen LogP contribution < -0.4 is 0 Å². The number of methoxy groups -OCH3 is 1. The number of thioether (sulfide) groups is 1. The third-order valence-electron chi connectivity index (χ3n) is 2.63. The molecule has 100 valence electrons. The molecule has 4 nitrogen and oxygen atoms in total. The summed E-state index contributed by atoms with van der Waals surface area (Å²) < 4.78 is 6.65. The Hall–Kier alpha value is -1.46. The molecule has 0 atom stereocenters. The van der Waals surface area contributed by atoms with Gasteiger partial charge in [0.05, 0.1) is 23.4 Å². The number of rotatable bonds is 4. The maximum Gasteiger partial charge on any atom is 0.339 e. The van der Waals surface area contributed by atoms with Crippen LogP contribution in [-0.4, -0.2) is 22.6 Å². The van der Waals surface area contributed by atoms with E-state index < -0.39 is 5.97 Å². The van der Waals surface area contributed by atoms with Crippen molar-refractivity contribution in [2.45, 2.75) is 10.6 Å². The van der Waals surface area contributed by atoms with Crippen molar-refractivity contribution >= 4 is 29.3 Å². The summed E-state index contributed by atoms with van der Waals surface area (Å²) in [4.78, 5) is 16.7. The van der Waals surface area contributed by atoms with E-state index in [4.69, 9.17) is 16.3 Å². The van der Waals surface area contributed by atoms with E-state index in [9.17, 15) is 4.79 Å². The SMILES string of the molecule is COC(=O)c1cc(SCc2nccn2C)ccc1Cl. The zero-order valence-corrected chi connectivity index (χ0v) is 12.2. The average Bonchev–Trinajstić information content (AvgIpc) is 2.82. The number of aromatic nitrogens is 2. The zero-order chi connectivity index (χ0) is 13.8. The summed E-state index contributed by atoms with van der Waals surface area (Å²) in [6.07, 6.45) is 3.66. The van der Waals surface area contributed by atoms with Crippen LogP contribution >= 0.6 is 23.4 Å². The van der Waals surface area contributed by atoms with E-state index in [0.717, 1.165) is 16.5 Å². The number of aryl methyl sites for hydroxylation is 1. The van der Waals surface area contributed by atoms with Gasteiger partial charge in [0.2, 0.25) is 0 Å². The van der Waals surface area contributed by atoms with Crippen molar-refractivity contribution in [3.63, 3.8) is 0 Å². The maximum absolute atomic E-state index is 11.5. The number of ether oxygens (including phenoxy) is 1. The highest BCUT2D eigenvalue weighted by molar-refractivity contribution is 7.98. The summed E-state index contributed by atoms with van der Waals surface area (Å²) in [6, 6.07) is 5.32. The first kappa shape index (κ1) is 14.0. The largest absolute Gasteiger partial charge is 0.465 e. The summed E-state index contributed by atoms with van der Waals surface area (Å²) in [5.41, 5.74) is 0.383. The van der Waals surface area contributed by atoms with Crippen LogP contribution in [0.3, 0.4) is 0 Å². The molecule has 0 N–H and O–H groups in total. The Balaban J connectivity index is 2.13. The van der Waals surface area contributed by atoms with E-state index >= 15 is 0 Å². The van der Waals surface area contributed by atoms with Gasteiger partial charge in [-0.25, -0.2) is 9.78 Å². The second-order valence-corrected chi connectivity index (χ2v) is 5.33. The Labute approximate surface area is 120 Å². The second kappa shape index (κ2) is 6.12. The first-order valence-electron chi connectivity index (χ1n) is 5.58. The molecule has 0 bridgehead atoms. The molecule has 0 saturated carbocycles. The molecule has 2 aromatic rings. The minimum atomic E-state index is -0.426. The molecule has 0 saturated heterocycles. The van der Waals surface area contributed by atoms with Crippen LogP contribution in [0.25, 0.3) is 0 Å². The first-order chi connectivity index (χ1) is 9.11. The van der Waals surface area contributed by atoms with Crippen LogP contribution in [0.1, 0.15) is 16.2 Å². The summed E-state index contributed by atoms with van der Waals surface area (Å²) in [7, 11) is 3.29. The molecule has 1 aromatic heterocycles. The smallest absolute Gasteiger partial charge is 0.339 e. The number of hydrogen-bond acceptors (Lipinski definition) is 4. The van der Waals surface area contributed by atoms with Gasteiger partial charge in [-0.2, -0.15) is 0 Å². The monoisotopic (exact) mass is 296 g/mol. The molecule has 0 aliphatic heterocycles. The van der Waals surface area contributed by atoms with E-state index in [1.807, 2.05) is 23.9 Å². The number of nitrogens with zero attached hydrogens (tertiary/aromatic N) is 2. The van der Waals surface area contributed by atoms with Gasteiger partial charge in [0.25, 0.3) is 0 Å². The Bertz CT molecular complexity index is 598. The lowest BCUT2D eigenvalue weighted by Crippen LogP contribution is -2.02. The topological polar surface area (TPSA) is 44.1 Å². The van der Waals surface area contributed by atoms with Crippen LogP contribution in [0.5, 0.6) is 0 Å².